The summed E-state index contributed by atoms with van der Waals surface area (Å²) < 4.78 is 4.88. The first-order valence-electron chi connectivity index (χ1n) is 6.29. The highest BCUT2D eigenvalue weighted by atomic mass is 16.5. The molecule has 106 valence electrons. The molecule has 1 unspecified atom stereocenters. The number of carbonyl (C=O) groups is 2. The molecule has 0 radical (unpaired) electrons. The number of hydrogen-bond acceptors (Lipinski definition) is 4. The summed E-state index contributed by atoms with van der Waals surface area (Å²) in [5, 5.41) is 5.40. The molecule has 0 aromatic carbocycles. The number of methoxy groups -OCH3 is 1. The van der Waals surface area contributed by atoms with Crippen LogP contribution in [0, 0.1) is 5.92 Å². The van der Waals surface area contributed by atoms with E-state index in [4.69, 9.17) is 10.5 Å². The first-order valence-corrected chi connectivity index (χ1v) is 6.29. The molecule has 0 fully saturated rings. The van der Waals surface area contributed by atoms with E-state index in [2.05, 4.69) is 10.6 Å². The summed E-state index contributed by atoms with van der Waals surface area (Å²) >= 11 is 0. The van der Waals surface area contributed by atoms with E-state index in [1.807, 2.05) is 13.8 Å². The van der Waals surface area contributed by atoms with Gasteiger partial charge < -0.3 is 21.1 Å². The maximum atomic E-state index is 11.5. The molecule has 18 heavy (non-hydrogen) atoms. The standard InChI is InChI=1S/C12H25N3O3/c1-9(2)11(16)14-6-7-15-12(17)10(13)5-4-8-18-3/h9-10H,4-8,13H2,1-3H3,(H,14,16)(H,15,17). The molecule has 0 bridgehead atoms. The van der Waals surface area contributed by atoms with Crippen LogP contribution in [-0.2, 0) is 14.3 Å². The van der Waals surface area contributed by atoms with Crippen molar-refractivity contribution in [1.29, 1.82) is 0 Å². The summed E-state index contributed by atoms with van der Waals surface area (Å²) in [6.07, 6.45) is 1.35. The molecule has 4 N–H and O–H groups in total. The number of nitrogens with one attached hydrogen (secondary N) is 2. The SMILES string of the molecule is COCCCC(N)C(=O)NCCNC(=O)C(C)C. The van der Waals surface area contributed by atoms with Crippen LogP contribution in [0.1, 0.15) is 26.7 Å². The number of amides is 2. The maximum absolute atomic E-state index is 11.5. The lowest BCUT2D eigenvalue weighted by Gasteiger charge is -2.12. The molecular weight excluding hydrogens is 234 g/mol. The highest BCUT2D eigenvalue weighted by Crippen LogP contribution is 1.94. The van der Waals surface area contributed by atoms with Crippen molar-refractivity contribution in [2.24, 2.45) is 11.7 Å². The number of nitrogens with two attached hydrogens (primary N) is 1. The Hall–Kier alpha value is -1.14. The number of rotatable bonds is 9. The molecule has 0 heterocycles. The minimum Gasteiger partial charge on any atom is -0.385 e. The Morgan fingerprint density at radius 3 is 2.22 bits per heavy atom. The molecule has 0 aliphatic heterocycles. The first kappa shape index (κ1) is 16.9. The Balaban J connectivity index is 3.60. The Bertz CT molecular complexity index is 257. The van der Waals surface area contributed by atoms with Crippen LogP contribution in [0.5, 0.6) is 0 Å². The van der Waals surface area contributed by atoms with Crippen LogP contribution in [0.2, 0.25) is 0 Å². The van der Waals surface area contributed by atoms with Gasteiger partial charge in [-0.3, -0.25) is 9.59 Å². The van der Waals surface area contributed by atoms with E-state index in [1.54, 1.807) is 7.11 Å². The smallest absolute Gasteiger partial charge is 0.236 e. The first-order chi connectivity index (χ1) is 8.49. The predicted molar refractivity (Wildman–Crippen MR) is 69.9 cm³/mol. The van der Waals surface area contributed by atoms with Gasteiger partial charge in [-0.25, -0.2) is 0 Å². The predicted octanol–water partition coefficient (Wildman–Crippen LogP) is -0.371. The van der Waals surface area contributed by atoms with Crippen molar-refractivity contribution in [1.82, 2.24) is 10.6 Å². The maximum Gasteiger partial charge on any atom is 0.236 e. The van der Waals surface area contributed by atoms with E-state index >= 15 is 0 Å². The molecule has 0 aromatic heterocycles. The summed E-state index contributed by atoms with van der Waals surface area (Å²) in [6.45, 7) is 5.06. The summed E-state index contributed by atoms with van der Waals surface area (Å²) in [6, 6.07) is -0.513. The Labute approximate surface area is 109 Å². The second-order valence-corrected chi connectivity index (χ2v) is 4.48. The van der Waals surface area contributed by atoms with E-state index in [1.165, 1.54) is 0 Å². The second kappa shape index (κ2) is 9.85. The fourth-order valence-corrected chi connectivity index (χ4v) is 1.29. The molecule has 0 aromatic rings. The quantitative estimate of drug-likeness (QED) is 0.492. The minimum atomic E-state index is -0.513. The summed E-state index contributed by atoms with van der Waals surface area (Å²) in [4.78, 5) is 22.8. The average molecular weight is 259 g/mol. The Morgan fingerprint density at radius 2 is 1.72 bits per heavy atom. The lowest BCUT2D eigenvalue weighted by Crippen LogP contribution is -2.44. The van der Waals surface area contributed by atoms with Gasteiger partial charge in [0.05, 0.1) is 6.04 Å². The third kappa shape index (κ3) is 8.03. The molecule has 0 aliphatic rings. The molecule has 6 heteroatoms. The lowest BCUT2D eigenvalue weighted by atomic mass is 10.1. The molecule has 0 rings (SSSR count). The van der Waals surface area contributed by atoms with Crippen LogP contribution < -0.4 is 16.4 Å². The Kier molecular flexibility index (Phi) is 9.22. The third-order valence-electron chi connectivity index (χ3n) is 2.45. The van der Waals surface area contributed by atoms with Gasteiger partial charge in [0.25, 0.3) is 0 Å². The molecule has 1 atom stereocenters. The molecule has 2 amide bonds. The largest absolute Gasteiger partial charge is 0.385 e. The van der Waals surface area contributed by atoms with Crippen molar-refractivity contribution in [2.75, 3.05) is 26.8 Å². The van der Waals surface area contributed by atoms with E-state index in [0.29, 0.717) is 26.1 Å². The number of ether oxygens (including phenoxy) is 1. The number of hydrogen-bond donors (Lipinski definition) is 3. The van der Waals surface area contributed by atoms with Gasteiger partial charge in [-0.15, -0.1) is 0 Å². The van der Waals surface area contributed by atoms with E-state index < -0.39 is 6.04 Å². The van der Waals surface area contributed by atoms with Crippen molar-refractivity contribution in [3.05, 3.63) is 0 Å². The highest BCUT2D eigenvalue weighted by Gasteiger charge is 2.12. The molecule has 0 saturated carbocycles. The van der Waals surface area contributed by atoms with Crippen molar-refractivity contribution in [3.63, 3.8) is 0 Å². The van der Waals surface area contributed by atoms with Gasteiger partial charge in [-0.2, -0.15) is 0 Å². The van der Waals surface area contributed by atoms with Gasteiger partial charge in [0.15, 0.2) is 0 Å². The molecular formula is C12H25N3O3. The zero-order valence-corrected chi connectivity index (χ0v) is 11.5. The van der Waals surface area contributed by atoms with E-state index in [0.717, 1.165) is 6.42 Å². The molecule has 0 saturated heterocycles. The van der Waals surface area contributed by atoms with Gasteiger partial charge in [-0.05, 0) is 12.8 Å². The van der Waals surface area contributed by atoms with Crippen molar-refractivity contribution in [2.45, 2.75) is 32.7 Å². The van der Waals surface area contributed by atoms with Crippen molar-refractivity contribution >= 4 is 11.8 Å². The van der Waals surface area contributed by atoms with Crippen LogP contribution in [0.25, 0.3) is 0 Å². The van der Waals surface area contributed by atoms with Gasteiger partial charge >= 0.3 is 0 Å². The summed E-state index contributed by atoms with van der Waals surface area (Å²) in [7, 11) is 1.61. The normalized spacial score (nSPS) is 12.3. The minimum absolute atomic E-state index is 0.0198. The Morgan fingerprint density at radius 1 is 1.17 bits per heavy atom. The lowest BCUT2D eigenvalue weighted by molar-refractivity contribution is -0.125. The zero-order chi connectivity index (χ0) is 14.0. The summed E-state index contributed by atoms with van der Waals surface area (Å²) in [5.74, 6) is -0.254. The topological polar surface area (TPSA) is 93.4 Å². The van der Waals surface area contributed by atoms with Crippen LogP contribution in [0.4, 0.5) is 0 Å². The van der Waals surface area contributed by atoms with Gasteiger partial charge in [0.2, 0.25) is 11.8 Å². The van der Waals surface area contributed by atoms with Crippen LogP contribution in [-0.4, -0.2) is 44.7 Å². The highest BCUT2D eigenvalue weighted by molar-refractivity contribution is 5.81. The van der Waals surface area contributed by atoms with Crippen molar-refractivity contribution < 1.29 is 14.3 Å². The van der Waals surface area contributed by atoms with Crippen LogP contribution >= 0.6 is 0 Å². The number of carbonyl (C=O) groups excluding carboxylic acids is 2. The zero-order valence-electron chi connectivity index (χ0n) is 11.5. The van der Waals surface area contributed by atoms with Crippen molar-refractivity contribution in [3.8, 4) is 0 Å². The van der Waals surface area contributed by atoms with Gasteiger partial charge in [0, 0.05) is 32.7 Å². The fourth-order valence-electron chi connectivity index (χ4n) is 1.29. The third-order valence-corrected chi connectivity index (χ3v) is 2.45. The monoisotopic (exact) mass is 259 g/mol. The van der Waals surface area contributed by atoms with Crippen LogP contribution in [0.3, 0.4) is 0 Å². The molecule has 0 aliphatic carbocycles. The molecule has 6 nitrogen and oxygen atoms in total. The molecule has 0 spiro atoms. The fraction of sp³-hybridized carbons (Fsp3) is 0.833. The van der Waals surface area contributed by atoms with Gasteiger partial charge in [-0.1, -0.05) is 13.8 Å². The van der Waals surface area contributed by atoms with E-state index in [-0.39, 0.29) is 17.7 Å². The van der Waals surface area contributed by atoms with E-state index in [9.17, 15) is 9.59 Å². The summed E-state index contributed by atoms with van der Waals surface area (Å²) in [5.41, 5.74) is 5.69. The average Bonchev–Trinajstić information content (AvgIpc) is 2.33. The van der Waals surface area contributed by atoms with Gasteiger partial charge in [0.1, 0.15) is 0 Å². The van der Waals surface area contributed by atoms with Crippen LogP contribution in [0.15, 0.2) is 0 Å². The second-order valence-electron chi connectivity index (χ2n) is 4.48.